The van der Waals surface area contributed by atoms with Crippen molar-refractivity contribution in [1.82, 2.24) is 0 Å². The minimum atomic E-state index is -0.0276. The summed E-state index contributed by atoms with van der Waals surface area (Å²) in [5, 5.41) is 8.89. The molecule has 0 aromatic heterocycles. The van der Waals surface area contributed by atoms with Gasteiger partial charge in [-0.05, 0) is 18.2 Å². The van der Waals surface area contributed by atoms with Crippen LogP contribution in [0.1, 0.15) is 0 Å². The Hall–Kier alpha value is -1.20. The number of nitrogen functional groups attached to an aromatic ring is 1. The van der Waals surface area contributed by atoms with Crippen LogP contribution in [0, 0.1) is 0 Å². The van der Waals surface area contributed by atoms with Gasteiger partial charge in [-0.3, -0.25) is 4.79 Å². The number of aliphatic hydroxyl groups excluding tert-OH is 1. The zero-order valence-corrected chi connectivity index (χ0v) is 8.96. The van der Waals surface area contributed by atoms with E-state index >= 15 is 0 Å². The first kappa shape index (κ1) is 10.3. The minimum Gasteiger partial charge on any atom is -0.399 e. The van der Waals surface area contributed by atoms with Crippen LogP contribution in [0.5, 0.6) is 0 Å². The van der Waals surface area contributed by atoms with Crippen molar-refractivity contribution in [3.05, 3.63) is 18.2 Å². The zero-order chi connectivity index (χ0) is 10.8. The van der Waals surface area contributed by atoms with E-state index in [2.05, 4.69) is 0 Å². The number of carbonyl (C=O) groups excluding carboxylic acids is 1. The number of thioether (sulfide) groups is 1. The third-order valence-corrected chi connectivity index (χ3v) is 3.28. The number of hydrogen-bond donors (Lipinski definition) is 2. The van der Waals surface area contributed by atoms with Gasteiger partial charge in [-0.15, -0.1) is 11.8 Å². The molecule has 0 aliphatic carbocycles. The SMILES string of the molecule is Nc1ccc2c(c1)SCC(=O)N2CCO. The van der Waals surface area contributed by atoms with Crippen molar-refractivity contribution in [3.63, 3.8) is 0 Å². The Bertz CT molecular complexity index is 395. The van der Waals surface area contributed by atoms with Gasteiger partial charge in [0.1, 0.15) is 0 Å². The smallest absolute Gasteiger partial charge is 0.237 e. The number of hydrogen-bond acceptors (Lipinski definition) is 4. The highest BCUT2D eigenvalue weighted by Gasteiger charge is 2.23. The van der Waals surface area contributed by atoms with Gasteiger partial charge in [0.05, 0.1) is 18.0 Å². The summed E-state index contributed by atoms with van der Waals surface area (Å²) < 4.78 is 0. The van der Waals surface area contributed by atoms with Crippen LogP contribution in [-0.2, 0) is 4.79 Å². The summed E-state index contributed by atoms with van der Waals surface area (Å²) in [6, 6.07) is 5.45. The Kier molecular flexibility index (Phi) is 2.83. The molecule has 0 atom stereocenters. The molecule has 80 valence electrons. The average molecular weight is 224 g/mol. The molecule has 0 saturated heterocycles. The van der Waals surface area contributed by atoms with Crippen LogP contribution in [0.2, 0.25) is 0 Å². The van der Waals surface area contributed by atoms with E-state index in [4.69, 9.17) is 10.8 Å². The molecule has 0 unspecified atom stereocenters. The van der Waals surface area contributed by atoms with E-state index in [0.717, 1.165) is 10.6 Å². The molecule has 1 aliphatic rings. The number of nitrogens with zero attached hydrogens (tertiary/aromatic N) is 1. The maximum absolute atomic E-state index is 11.6. The van der Waals surface area contributed by atoms with Crippen molar-refractivity contribution in [1.29, 1.82) is 0 Å². The summed E-state index contributed by atoms with van der Waals surface area (Å²) in [5.74, 6) is 0.447. The van der Waals surface area contributed by atoms with Gasteiger partial charge in [-0.1, -0.05) is 0 Å². The fourth-order valence-corrected chi connectivity index (χ4v) is 2.55. The van der Waals surface area contributed by atoms with Crippen molar-refractivity contribution in [3.8, 4) is 0 Å². The molecule has 1 heterocycles. The Morgan fingerprint density at radius 1 is 1.53 bits per heavy atom. The lowest BCUT2D eigenvalue weighted by atomic mass is 10.2. The third kappa shape index (κ3) is 1.93. The largest absolute Gasteiger partial charge is 0.399 e. The van der Waals surface area contributed by atoms with Crippen molar-refractivity contribution >= 4 is 29.0 Å². The lowest BCUT2D eigenvalue weighted by Gasteiger charge is -2.28. The summed E-state index contributed by atoms with van der Waals surface area (Å²) in [6.45, 7) is 0.316. The van der Waals surface area contributed by atoms with Gasteiger partial charge in [0, 0.05) is 17.1 Å². The average Bonchev–Trinajstić information content (AvgIpc) is 2.22. The van der Waals surface area contributed by atoms with Gasteiger partial charge in [0.25, 0.3) is 0 Å². The van der Waals surface area contributed by atoms with E-state index in [9.17, 15) is 4.79 Å². The molecule has 1 amide bonds. The summed E-state index contributed by atoms with van der Waals surface area (Å²) in [7, 11) is 0. The number of β-amino-alcohol motifs (C(OH)–C–C–N with tert-alkyl or cyclic N) is 1. The fraction of sp³-hybridized carbons (Fsp3) is 0.300. The van der Waals surface area contributed by atoms with E-state index in [1.807, 2.05) is 12.1 Å². The highest BCUT2D eigenvalue weighted by atomic mass is 32.2. The summed E-state index contributed by atoms with van der Waals surface area (Å²) in [6.07, 6.45) is 0. The van der Waals surface area contributed by atoms with Crippen molar-refractivity contribution in [2.24, 2.45) is 0 Å². The quantitative estimate of drug-likeness (QED) is 0.726. The maximum atomic E-state index is 11.6. The van der Waals surface area contributed by atoms with Gasteiger partial charge in [0.15, 0.2) is 0 Å². The van der Waals surface area contributed by atoms with Gasteiger partial charge < -0.3 is 15.7 Å². The number of fused-ring (bicyclic) bond motifs is 1. The van der Waals surface area contributed by atoms with Crippen LogP contribution in [0.15, 0.2) is 23.1 Å². The molecular weight excluding hydrogens is 212 g/mol. The lowest BCUT2D eigenvalue weighted by molar-refractivity contribution is -0.116. The summed E-state index contributed by atoms with van der Waals surface area (Å²) in [5.41, 5.74) is 7.21. The monoisotopic (exact) mass is 224 g/mol. The molecule has 0 bridgehead atoms. The third-order valence-electron chi connectivity index (χ3n) is 2.25. The van der Waals surface area contributed by atoms with E-state index in [1.54, 1.807) is 11.0 Å². The lowest BCUT2D eigenvalue weighted by Crippen LogP contribution is -2.37. The number of aliphatic hydroxyl groups is 1. The Balaban J connectivity index is 2.39. The predicted molar refractivity (Wildman–Crippen MR) is 61.0 cm³/mol. The van der Waals surface area contributed by atoms with Crippen LogP contribution in [0.4, 0.5) is 11.4 Å². The van der Waals surface area contributed by atoms with Crippen LogP contribution < -0.4 is 10.6 Å². The van der Waals surface area contributed by atoms with E-state index in [1.165, 1.54) is 11.8 Å². The minimum absolute atomic E-state index is 0.0276. The van der Waals surface area contributed by atoms with Gasteiger partial charge in [-0.25, -0.2) is 0 Å². The predicted octanol–water partition coefficient (Wildman–Crippen LogP) is 0.700. The first-order chi connectivity index (χ1) is 7.22. The molecular formula is C10H12N2O2S. The maximum Gasteiger partial charge on any atom is 0.237 e. The molecule has 5 heteroatoms. The number of carbonyl (C=O) groups is 1. The number of amides is 1. The second-order valence-corrected chi connectivity index (χ2v) is 4.30. The standard InChI is InChI=1S/C10H12N2O2S/c11-7-1-2-8-9(5-7)15-6-10(14)12(8)3-4-13/h1-2,5,13H,3-4,6,11H2. The van der Waals surface area contributed by atoms with Crippen molar-refractivity contribution < 1.29 is 9.90 Å². The number of nitrogens with two attached hydrogens (primary N) is 1. The number of benzene rings is 1. The van der Waals surface area contributed by atoms with E-state index < -0.39 is 0 Å². The molecule has 1 aliphatic heterocycles. The molecule has 1 aromatic rings. The molecule has 15 heavy (non-hydrogen) atoms. The fourth-order valence-electron chi connectivity index (χ4n) is 1.57. The van der Waals surface area contributed by atoms with Crippen molar-refractivity contribution in [2.45, 2.75) is 4.90 Å². The van der Waals surface area contributed by atoms with Gasteiger partial charge in [0.2, 0.25) is 5.91 Å². The summed E-state index contributed by atoms with van der Waals surface area (Å²) in [4.78, 5) is 14.2. The first-order valence-corrected chi connectivity index (χ1v) is 5.64. The molecule has 0 fully saturated rings. The van der Waals surface area contributed by atoms with E-state index in [-0.39, 0.29) is 12.5 Å². The van der Waals surface area contributed by atoms with Gasteiger partial charge >= 0.3 is 0 Å². The number of anilines is 2. The van der Waals surface area contributed by atoms with Crippen molar-refractivity contribution in [2.75, 3.05) is 29.5 Å². The molecule has 0 radical (unpaired) electrons. The second-order valence-electron chi connectivity index (χ2n) is 3.28. The Morgan fingerprint density at radius 3 is 3.07 bits per heavy atom. The topological polar surface area (TPSA) is 66.6 Å². The van der Waals surface area contributed by atoms with Crippen LogP contribution in [-0.4, -0.2) is 29.9 Å². The molecule has 4 nitrogen and oxygen atoms in total. The highest BCUT2D eigenvalue weighted by Crippen LogP contribution is 2.36. The molecule has 2 rings (SSSR count). The van der Waals surface area contributed by atoms with E-state index in [0.29, 0.717) is 18.0 Å². The number of rotatable bonds is 2. The van der Waals surface area contributed by atoms with Crippen LogP contribution >= 0.6 is 11.8 Å². The zero-order valence-electron chi connectivity index (χ0n) is 8.14. The van der Waals surface area contributed by atoms with Gasteiger partial charge in [-0.2, -0.15) is 0 Å². The summed E-state index contributed by atoms with van der Waals surface area (Å²) >= 11 is 1.49. The first-order valence-electron chi connectivity index (χ1n) is 4.66. The van der Waals surface area contributed by atoms with Crippen LogP contribution in [0.25, 0.3) is 0 Å². The second kappa shape index (κ2) is 4.12. The molecule has 0 saturated carbocycles. The highest BCUT2D eigenvalue weighted by molar-refractivity contribution is 8.00. The Labute approximate surface area is 92.1 Å². The molecule has 0 spiro atoms. The van der Waals surface area contributed by atoms with Crippen LogP contribution in [0.3, 0.4) is 0 Å². The normalized spacial score (nSPS) is 15.3. The molecule has 1 aromatic carbocycles. The molecule has 3 N–H and O–H groups in total. The Morgan fingerprint density at radius 2 is 2.33 bits per heavy atom.